The van der Waals surface area contributed by atoms with Gasteiger partial charge in [0, 0.05) is 68.5 Å². The van der Waals surface area contributed by atoms with E-state index in [-0.39, 0.29) is 101 Å². The van der Waals surface area contributed by atoms with Crippen molar-refractivity contribution >= 4 is 100 Å². The molecule has 37 heteroatoms. The number of likely N-dealkylation sites (tertiary alicyclic amines) is 1. The average molecular weight is 1550 g/mol. The lowest BCUT2D eigenvalue weighted by Gasteiger charge is -2.30. The lowest BCUT2D eigenvalue weighted by Crippen LogP contribution is -2.61. The summed E-state index contributed by atoms with van der Waals surface area (Å²) >= 11 is 0. The Labute approximate surface area is 640 Å². The molecule has 13 amide bonds. The van der Waals surface area contributed by atoms with E-state index in [0.717, 1.165) is 0 Å². The van der Waals surface area contributed by atoms with Crippen molar-refractivity contribution in [2.45, 2.75) is 190 Å². The highest BCUT2D eigenvalue weighted by Gasteiger charge is 2.41. The molecule has 1 aliphatic heterocycles. The molecule has 0 radical (unpaired) electrons. The summed E-state index contributed by atoms with van der Waals surface area (Å²) in [7, 11) is 0. The average Bonchev–Trinajstić information content (AvgIpc) is 1.71. The number of unbranched alkanes of at least 4 members (excludes halogenated alkanes) is 2. The number of nitrogens with two attached hydrogens (primary N) is 3. The van der Waals surface area contributed by atoms with E-state index in [4.69, 9.17) is 22.6 Å². The Kier molecular flexibility index (Phi) is 35.7. The molecule has 1 fully saturated rings. The van der Waals surface area contributed by atoms with E-state index in [0.29, 0.717) is 59.7 Å². The van der Waals surface area contributed by atoms with Crippen molar-refractivity contribution < 1.29 is 82.4 Å². The smallest absolute Gasteiger partial charge is 0.303 e. The highest BCUT2D eigenvalue weighted by atomic mass is 16.4. The van der Waals surface area contributed by atoms with E-state index in [1.807, 2.05) is 0 Å². The zero-order chi connectivity index (χ0) is 81.1. The molecule has 1 saturated heterocycles. The molecule has 0 aliphatic carbocycles. The van der Waals surface area contributed by atoms with E-state index in [2.05, 4.69) is 78.8 Å². The molecule has 37 nitrogen and oxygen atoms in total. The van der Waals surface area contributed by atoms with Gasteiger partial charge >= 0.3 is 5.97 Å². The minimum absolute atomic E-state index is 0.0103. The number of phenols is 1. The first-order valence-corrected chi connectivity index (χ1v) is 36.9. The third kappa shape index (κ3) is 28.5. The number of aliphatic hydroxyl groups excluding tert-OH is 1. The number of carboxylic acid groups (broad SMARTS) is 1. The minimum Gasteiger partial charge on any atom is -0.508 e. The Morgan fingerprint density at radius 3 is 1.75 bits per heavy atom. The summed E-state index contributed by atoms with van der Waals surface area (Å²) in [4.78, 5) is 205. The number of aliphatic carboxylic acids is 1. The molecular formula is C74H104N20O17. The Morgan fingerprint density at radius 2 is 1.16 bits per heavy atom. The first kappa shape index (κ1) is 87.9. The van der Waals surface area contributed by atoms with Gasteiger partial charge in [0.05, 0.1) is 25.2 Å². The largest absolute Gasteiger partial charge is 0.508 e. The third-order valence-electron chi connectivity index (χ3n) is 18.5. The van der Waals surface area contributed by atoms with Gasteiger partial charge in [-0.3, -0.25) is 72.5 Å². The molecule has 24 N–H and O–H groups in total. The number of primary amides is 1. The zero-order valence-corrected chi connectivity index (χ0v) is 62.3. The SMILES string of the molecule is CCCC[C@H](NC(=O)[C@H](CO)NC(=O)[C@H](Cc1ccc(O)cc1)NC=O)C(=O)N[C@@H](CCC(=O)O)C(=O)N[C@@H](Cc1c[nH]cn1)C(=O)N[C@H](Cc1ccccc1)C(=O)N[C@@H](CCCNC(=N)N)C(=O)N[C@@H](Cc1c[nH]c2ccccc12)C(=O)NCC(=O)N[C@@H](CCCCN)C(=O)N1CCC[C@H]1C(=O)N[C@H](C(N)=O)C(C)C. The van der Waals surface area contributed by atoms with Gasteiger partial charge in [0.15, 0.2) is 5.96 Å². The van der Waals surface area contributed by atoms with Gasteiger partial charge < -0.3 is 111 Å². The quantitative estimate of drug-likeness (QED) is 0.00800. The van der Waals surface area contributed by atoms with E-state index in [9.17, 15) is 68.1 Å². The van der Waals surface area contributed by atoms with Gasteiger partial charge in [-0.2, -0.15) is 0 Å². The van der Waals surface area contributed by atoms with Crippen LogP contribution in [0.5, 0.6) is 5.75 Å². The van der Waals surface area contributed by atoms with E-state index < -0.39 is 175 Å². The number of aromatic hydroxyl groups is 1. The van der Waals surface area contributed by atoms with Gasteiger partial charge in [-0.25, -0.2) is 4.98 Å². The van der Waals surface area contributed by atoms with Crippen LogP contribution in [0.25, 0.3) is 10.9 Å². The summed E-state index contributed by atoms with van der Waals surface area (Å²) in [6, 6.07) is 5.53. The number of carbonyl (C=O) groups excluding carboxylic acids is 13. The summed E-state index contributed by atoms with van der Waals surface area (Å²) < 4.78 is 0. The highest BCUT2D eigenvalue weighted by molar-refractivity contribution is 6.00. The number of imidazole rings is 1. The Balaban J connectivity index is 1.24. The van der Waals surface area contributed by atoms with Crippen LogP contribution >= 0.6 is 0 Å². The van der Waals surface area contributed by atoms with Crippen LogP contribution < -0.4 is 81.0 Å². The number of carboxylic acids is 1. The number of H-pyrrole nitrogens is 2. The summed E-state index contributed by atoms with van der Waals surface area (Å²) in [5.74, 6) is -12.8. The molecule has 5 aromatic rings. The molecule has 1 aliphatic rings. The zero-order valence-electron chi connectivity index (χ0n) is 62.3. The van der Waals surface area contributed by atoms with Crippen molar-refractivity contribution in [3.05, 3.63) is 120 Å². The van der Waals surface area contributed by atoms with Gasteiger partial charge in [0.1, 0.15) is 72.2 Å². The van der Waals surface area contributed by atoms with Crippen LogP contribution in [0.3, 0.4) is 0 Å². The van der Waals surface area contributed by atoms with Crippen LogP contribution in [0.1, 0.15) is 120 Å². The first-order valence-electron chi connectivity index (χ1n) is 36.9. The fourth-order valence-electron chi connectivity index (χ4n) is 12.5. The second kappa shape index (κ2) is 45.1. The van der Waals surface area contributed by atoms with Crippen LogP contribution in [0, 0.1) is 11.3 Å². The number of benzene rings is 3. The number of para-hydroxylation sites is 1. The topological polar surface area (TPSA) is 594 Å². The Morgan fingerprint density at radius 1 is 0.613 bits per heavy atom. The Bertz CT molecular complexity index is 3970. The third-order valence-corrected chi connectivity index (χ3v) is 18.5. The fourth-order valence-corrected chi connectivity index (χ4v) is 12.5. The number of hydrogen-bond donors (Lipinski definition) is 21. The van der Waals surface area contributed by atoms with Crippen LogP contribution in [0.2, 0.25) is 0 Å². The van der Waals surface area contributed by atoms with E-state index in [1.54, 1.807) is 81.6 Å². The van der Waals surface area contributed by atoms with Crippen LogP contribution in [-0.4, -0.2) is 224 Å². The van der Waals surface area contributed by atoms with E-state index >= 15 is 14.4 Å². The number of nitrogens with one attached hydrogen (secondary N) is 15. The number of rotatable bonds is 48. The van der Waals surface area contributed by atoms with Crippen LogP contribution in [-0.2, 0) is 92.8 Å². The highest BCUT2D eigenvalue weighted by Crippen LogP contribution is 2.23. The number of nitrogens with zero attached hydrogens (tertiary/aromatic N) is 2. The summed E-state index contributed by atoms with van der Waals surface area (Å²) in [6.45, 7) is 3.93. The number of aromatic nitrogens is 3. The molecule has 111 heavy (non-hydrogen) atoms. The maximum absolute atomic E-state index is 15.1. The number of aromatic amines is 2. The second-order valence-electron chi connectivity index (χ2n) is 27.3. The predicted molar refractivity (Wildman–Crippen MR) is 404 cm³/mol. The van der Waals surface area contributed by atoms with E-state index in [1.165, 1.54) is 41.7 Å². The van der Waals surface area contributed by atoms with Crippen LogP contribution in [0.15, 0.2) is 97.6 Å². The summed E-state index contributed by atoms with van der Waals surface area (Å²) in [5, 5.41) is 69.4. The summed E-state index contributed by atoms with van der Waals surface area (Å²) in [5.41, 5.74) is 19.4. The number of hydrogen-bond acceptors (Lipinski definition) is 19. The molecule has 3 heterocycles. The molecule has 0 spiro atoms. The van der Waals surface area contributed by atoms with Crippen molar-refractivity contribution in [1.29, 1.82) is 5.41 Å². The summed E-state index contributed by atoms with van der Waals surface area (Å²) in [6.07, 6.45) is 4.61. The van der Waals surface area contributed by atoms with Crippen molar-refractivity contribution in [3.8, 4) is 5.75 Å². The number of amides is 13. The normalized spacial score (nSPS) is 15.2. The minimum atomic E-state index is -1.74. The molecule has 0 unspecified atom stereocenters. The molecule has 11 atom stereocenters. The number of phenolic OH excluding ortho intramolecular Hbond substituents is 1. The number of aliphatic hydroxyl groups is 1. The predicted octanol–water partition coefficient (Wildman–Crippen LogP) is -2.97. The van der Waals surface area contributed by atoms with Crippen molar-refractivity contribution in [3.63, 3.8) is 0 Å². The Hall–Kier alpha value is -12.0. The monoisotopic (exact) mass is 1540 g/mol. The molecular weight excluding hydrogens is 1440 g/mol. The second-order valence-corrected chi connectivity index (χ2v) is 27.3. The lowest BCUT2D eigenvalue weighted by molar-refractivity contribution is -0.142. The van der Waals surface area contributed by atoms with Crippen LogP contribution in [0.4, 0.5) is 0 Å². The number of carbonyl (C=O) groups is 14. The molecule has 3 aromatic carbocycles. The maximum atomic E-state index is 15.1. The van der Waals surface area contributed by atoms with Gasteiger partial charge in [0.2, 0.25) is 77.3 Å². The molecule has 6 rings (SSSR count). The standard InChI is InChI=1S/C74H104N20O17/c1-4-5-18-50(87-71(109)58(39-95)92-68(106)54(84-41-96)32-44-23-25-47(97)26-24-44)65(103)88-52(27-28-61(99)100)67(105)91-57(35-46-37-79-40-83-46)70(108)89-55(33-43-15-7-6-8-16-43)69(107)86-51(21-13-30-80-74(77)78)66(104)90-56(34-45-36-81-49-19-10-9-17-48(45)49)64(102)82-38-60(98)85-53(20-11-12-29-75)73(111)94-31-14-22-59(94)72(110)93-62(42(2)3)63(76)101/h6-10,15-17,19,23-26,36-37,40-42,50-59,62,81,95,97H,4-5,11-14,18,20-22,27-35,38-39,75H2,1-3H3,(H2,76,101)(H,79,83)(H,82,102)(H,84,96)(H,85,98)(H,86,107)(H,87,109)(H,88,103)(H,89,108)(H,90,104)(H,91,105)(H,92,106)(H,93,110)(H,99,100)(H4,77,78,80)/t50-,51-,52-,53-,54-,55+,56-,57-,58-,59-,62-/m0/s1. The lowest BCUT2D eigenvalue weighted by atomic mass is 10.0. The van der Waals surface area contributed by atoms with Crippen molar-refractivity contribution in [2.24, 2.45) is 23.1 Å². The van der Waals surface area contributed by atoms with Gasteiger partial charge in [-0.05, 0) is 105 Å². The maximum Gasteiger partial charge on any atom is 0.303 e. The molecule has 0 bridgehead atoms. The van der Waals surface area contributed by atoms with Gasteiger partial charge in [-0.1, -0.05) is 94.3 Å². The number of guanidine groups is 1. The van der Waals surface area contributed by atoms with Gasteiger partial charge in [0.25, 0.3) is 0 Å². The number of fused-ring (bicyclic) bond motifs is 1. The van der Waals surface area contributed by atoms with Crippen molar-refractivity contribution in [2.75, 3.05) is 32.8 Å². The van der Waals surface area contributed by atoms with Crippen molar-refractivity contribution in [1.82, 2.24) is 83.7 Å². The van der Waals surface area contributed by atoms with Gasteiger partial charge in [-0.15, -0.1) is 0 Å². The fraction of sp³-hybridized carbons (Fsp3) is 0.486. The molecule has 0 saturated carbocycles. The molecule has 602 valence electrons. The first-order chi connectivity index (χ1) is 53.1. The molecule has 2 aromatic heterocycles.